The Hall–Kier alpha value is -2.24. The molecule has 10 heteroatoms. The molecule has 0 spiro atoms. The van der Waals surface area contributed by atoms with E-state index in [0.717, 1.165) is 5.56 Å². The van der Waals surface area contributed by atoms with Crippen molar-refractivity contribution in [1.29, 1.82) is 0 Å². The Balaban J connectivity index is 1.72. The van der Waals surface area contributed by atoms with Crippen LogP contribution in [0.1, 0.15) is 5.56 Å². The van der Waals surface area contributed by atoms with Crippen molar-refractivity contribution in [1.82, 2.24) is 10.6 Å². The molecule has 0 bridgehead atoms. The molecule has 1 saturated heterocycles. The van der Waals surface area contributed by atoms with Crippen molar-refractivity contribution in [2.24, 2.45) is 0 Å². The Labute approximate surface area is 149 Å². The normalized spacial score (nSPS) is 26.2. The minimum Gasteiger partial charge on any atom is -0.445 e. The van der Waals surface area contributed by atoms with E-state index >= 15 is 0 Å². The summed E-state index contributed by atoms with van der Waals surface area (Å²) in [7, 11) is 0. The van der Waals surface area contributed by atoms with Gasteiger partial charge in [0.05, 0.1) is 6.61 Å². The van der Waals surface area contributed by atoms with Crippen molar-refractivity contribution in [2.45, 2.75) is 37.3 Å². The maximum absolute atomic E-state index is 11.8. The number of aliphatic hydroxyl groups is 4. The molecule has 1 aromatic rings. The summed E-state index contributed by atoms with van der Waals surface area (Å²) >= 11 is 0. The molecule has 6 N–H and O–H groups in total. The fraction of sp³-hybridized carbons (Fsp3) is 0.500. The molecule has 2 rings (SSSR count). The first kappa shape index (κ1) is 20.1. The number of aliphatic hydroxyl groups excluding tert-OH is 4. The van der Waals surface area contributed by atoms with E-state index in [4.69, 9.17) is 14.6 Å². The van der Waals surface area contributed by atoms with Crippen LogP contribution in [0.25, 0.3) is 0 Å². The Morgan fingerprint density at radius 2 is 1.88 bits per heavy atom. The topological polar surface area (TPSA) is 158 Å². The maximum atomic E-state index is 11.8. The van der Waals surface area contributed by atoms with Gasteiger partial charge in [0.25, 0.3) is 0 Å². The second-order valence-electron chi connectivity index (χ2n) is 5.74. The zero-order chi connectivity index (χ0) is 19.1. The molecule has 1 fully saturated rings. The number of carbonyl (C=O) groups excluding carboxylic acids is 2. The molecule has 26 heavy (non-hydrogen) atoms. The Morgan fingerprint density at radius 1 is 1.19 bits per heavy atom. The van der Waals surface area contributed by atoms with Crippen LogP contribution >= 0.6 is 0 Å². The van der Waals surface area contributed by atoms with E-state index < -0.39 is 55.8 Å². The molecule has 0 radical (unpaired) electrons. The van der Waals surface area contributed by atoms with Crippen LogP contribution in [0, 0.1) is 0 Å². The van der Waals surface area contributed by atoms with E-state index in [2.05, 4.69) is 10.6 Å². The molecule has 1 heterocycles. The standard InChI is InChI=1S/C16H22N2O8/c19-7-10(20)14-12(22)13(23)15(26-14)18-11(21)6-17-16(24)25-8-9-4-2-1-3-5-9/h1-5,10,12-15,19-20,22-23H,6-8H2,(H,17,24)(H,18,21)/t10-,12+,13+,14+,15-/m0/s1. The minimum absolute atomic E-state index is 0.0473. The van der Waals surface area contributed by atoms with Gasteiger partial charge in [-0.05, 0) is 5.56 Å². The van der Waals surface area contributed by atoms with Crippen LogP contribution in [-0.4, -0.2) is 76.2 Å². The first-order valence-electron chi connectivity index (χ1n) is 7.96. The van der Waals surface area contributed by atoms with Crippen LogP contribution in [0.4, 0.5) is 4.79 Å². The maximum Gasteiger partial charge on any atom is 0.407 e. The number of alkyl carbamates (subject to hydrolysis) is 1. The van der Waals surface area contributed by atoms with Gasteiger partial charge in [-0.2, -0.15) is 0 Å². The summed E-state index contributed by atoms with van der Waals surface area (Å²) in [6.45, 7) is -1.07. The lowest BCUT2D eigenvalue weighted by Crippen LogP contribution is -2.47. The Morgan fingerprint density at radius 3 is 2.54 bits per heavy atom. The van der Waals surface area contributed by atoms with Crippen molar-refractivity contribution in [3.63, 3.8) is 0 Å². The highest BCUT2D eigenvalue weighted by Gasteiger charge is 2.46. The quantitative estimate of drug-likeness (QED) is 0.316. The van der Waals surface area contributed by atoms with Crippen molar-refractivity contribution < 1.29 is 39.5 Å². The summed E-state index contributed by atoms with van der Waals surface area (Å²) in [6, 6.07) is 8.98. The fourth-order valence-corrected chi connectivity index (χ4v) is 2.38. The molecule has 1 aliphatic rings. The molecule has 10 nitrogen and oxygen atoms in total. The minimum atomic E-state index is -1.49. The van der Waals surface area contributed by atoms with Gasteiger partial charge in [0.2, 0.25) is 5.91 Å². The number of amides is 2. The second kappa shape index (κ2) is 9.46. The summed E-state index contributed by atoms with van der Waals surface area (Å²) in [5, 5.41) is 42.4. The Kier molecular flexibility index (Phi) is 7.30. The van der Waals surface area contributed by atoms with E-state index in [-0.39, 0.29) is 6.61 Å². The Bertz CT molecular complexity index is 599. The number of benzene rings is 1. The third-order valence-corrected chi connectivity index (χ3v) is 3.78. The highest BCUT2D eigenvalue weighted by atomic mass is 16.6. The molecule has 2 amide bonds. The van der Waals surface area contributed by atoms with Crippen molar-refractivity contribution in [3.8, 4) is 0 Å². The van der Waals surface area contributed by atoms with Gasteiger partial charge in [0, 0.05) is 0 Å². The molecular formula is C16H22N2O8. The number of carbonyl (C=O) groups is 2. The summed E-state index contributed by atoms with van der Waals surface area (Å²) < 4.78 is 10.1. The number of hydrogen-bond donors (Lipinski definition) is 6. The predicted octanol–water partition coefficient (Wildman–Crippen LogP) is -2.17. The van der Waals surface area contributed by atoms with Gasteiger partial charge < -0.3 is 40.5 Å². The molecular weight excluding hydrogens is 348 g/mol. The number of ether oxygens (including phenoxy) is 2. The lowest BCUT2D eigenvalue weighted by Gasteiger charge is -2.18. The summed E-state index contributed by atoms with van der Waals surface area (Å²) in [5.74, 6) is -0.697. The first-order valence-corrected chi connectivity index (χ1v) is 7.96. The van der Waals surface area contributed by atoms with Crippen LogP contribution < -0.4 is 10.6 Å². The first-order chi connectivity index (χ1) is 12.4. The highest BCUT2D eigenvalue weighted by molar-refractivity contribution is 5.82. The molecule has 1 aromatic carbocycles. The van der Waals surface area contributed by atoms with E-state index in [1.165, 1.54) is 0 Å². The van der Waals surface area contributed by atoms with Gasteiger partial charge in [-0.3, -0.25) is 4.79 Å². The predicted molar refractivity (Wildman–Crippen MR) is 86.5 cm³/mol. The highest BCUT2D eigenvalue weighted by Crippen LogP contribution is 2.22. The summed E-state index contributed by atoms with van der Waals surface area (Å²) in [4.78, 5) is 23.4. The zero-order valence-corrected chi connectivity index (χ0v) is 13.8. The van der Waals surface area contributed by atoms with Crippen LogP contribution in [0.15, 0.2) is 30.3 Å². The van der Waals surface area contributed by atoms with E-state index in [1.807, 2.05) is 6.07 Å². The van der Waals surface area contributed by atoms with Crippen LogP contribution in [0.5, 0.6) is 0 Å². The monoisotopic (exact) mass is 370 g/mol. The van der Waals surface area contributed by atoms with Gasteiger partial charge in [0.15, 0.2) is 6.23 Å². The molecule has 0 aromatic heterocycles. The zero-order valence-electron chi connectivity index (χ0n) is 13.8. The van der Waals surface area contributed by atoms with Crippen molar-refractivity contribution in [2.75, 3.05) is 13.2 Å². The van der Waals surface area contributed by atoms with Crippen LogP contribution in [-0.2, 0) is 20.9 Å². The second-order valence-corrected chi connectivity index (χ2v) is 5.74. The van der Waals surface area contributed by atoms with Crippen LogP contribution in [0.2, 0.25) is 0 Å². The molecule has 5 atom stereocenters. The molecule has 1 aliphatic heterocycles. The van der Waals surface area contributed by atoms with Gasteiger partial charge in [-0.1, -0.05) is 30.3 Å². The van der Waals surface area contributed by atoms with Crippen LogP contribution in [0.3, 0.4) is 0 Å². The van der Waals surface area contributed by atoms with Crippen molar-refractivity contribution in [3.05, 3.63) is 35.9 Å². The van der Waals surface area contributed by atoms with E-state index in [1.54, 1.807) is 24.3 Å². The number of nitrogens with one attached hydrogen (secondary N) is 2. The average Bonchev–Trinajstić information content (AvgIpc) is 2.93. The fourth-order valence-electron chi connectivity index (χ4n) is 2.38. The molecule has 0 aliphatic carbocycles. The summed E-state index contributed by atoms with van der Waals surface area (Å²) in [6.07, 6.45) is -7.71. The summed E-state index contributed by atoms with van der Waals surface area (Å²) in [5.41, 5.74) is 0.789. The van der Waals surface area contributed by atoms with Crippen molar-refractivity contribution >= 4 is 12.0 Å². The third kappa shape index (κ3) is 5.38. The average molecular weight is 370 g/mol. The van der Waals surface area contributed by atoms with E-state index in [9.17, 15) is 24.9 Å². The lowest BCUT2D eigenvalue weighted by atomic mass is 10.1. The van der Waals surface area contributed by atoms with Gasteiger partial charge >= 0.3 is 6.09 Å². The lowest BCUT2D eigenvalue weighted by molar-refractivity contribution is -0.128. The third-order valence-electron chi connectivity index (χ3n) is 3.78. The molecule has 144 valence electrons. The largest absolute Gasteiger partial charge is 0.445 e. The smallest absolute Gasteiger partial charge is 0.407 e. The van der Waals surface area contributed by atoms with Gasteiger partial charge in [-0.15, -0.1) is 0 Å². The van der Waals surface area contributed by atoms with E-state index in [0.29, 0.717) is 0 Å². The van der Waals surface area contributed by atoms with Gasteiger partial charge in [-0.25, -0.2) is 4.79 Å². The number of rotatable bonds is 7. The molecule has 0 saturated carbocycles. The number of hydrogen-bond acceptors (Lipinski definition) is 8. The SMILES string of the molecule is O=C(CNC(=O)OCc1ccccc1)N[C@H]1O[C@H]([C@@H](O)CO)[C@H](O)[C@H]1O. The molecule has 0 unspecified atom stereocenters. The van der Waals surface area contributed by atoms with Gasteiger partial charge in [0.1, 0.15) is 37.6 Å².